The summed E-state index contributed by atoms with van der Waals surface area (Å²) in [6.45, 7) is 1.45. The van der Waals surface area contributed by atoms with E-state index in [2.05, 4.69) is 5.10 Å². The molecular weight excluding hydrogens is 206 g/mol. The Hall–Kier alpha value is -1.36. The van der Waals surface area contributed by atoms with Crippen molar-refractivity contribution >= 4 is 5.97 Å². The fourth-order valence-corrected chi connectivity index (χ4v) is 2.14. The van der Waals surface area contributed by atoms with Crippen molar-refractivity contribution in [3.05, 3.63) is 17.0 Å². The highest BCUT2D eigenvalue weighted by Gasteiger charge is 2.25. The largest absolute Gasteiger partial charge is 0.477 e. The van der Waals surface area contributed by atoms with Crippen LogP contribution < -0.4 is 0 Å². The first-order chi connectivity index (χ1) is 7.59. The maximum Gasteiger partial charge on any atom is 0.354 e. The molecule has 0 fully saturated rings. The lowest BCUT2D eigenvalue weighted by Gasteiger charge is -2.11. The number of carbonyl (C=O) groups is 1. The summed E-state index contributed by atoms with van der Waals surface area (Å²) < 4.78 is 1.64. The SMILES string of the molecule is CN(C)CCn1nc2c(c1C(=O)O)CCC2. The maximum atomic E-state index is 11.2. The molecule has 1 aliphatic rings. The van der Waals surface area contributed by atoms with Gasteiger partial charge in [-0.15, -0.1) is 0 Å². The molecule has 5 heteroatoms. The van der Waals surface area contributed by atoms with Crippen LogP contribution >= 0.6 is 0 Å². The van der Waals surface area contributed by atoms with Gasteiger partial charge in [-0.1, -0.05) is 0 Å². The first kappa shape index (κ1) is 11.1. The normalized spacial score (nSPS) is 14.4. The minimum Gasteiger partial charge on any atom is -0.477 e. The van der Waals surface area contributed by atoms with E-state index in [4.69, 9.17) is 0 Å². The van der Waals surface area contributed by atoms with E-state index >= 15 is 0 Å². The van der Waals surface area contributed by atoms with Gasteiger partial charge < -0.3 is 10.0 Å². The van der Waals surface area contributed by atoms with E-state index in [9.17, 15) is 9.90 Å². The number of aryl methyl sites for hydroxylation is 1. The highest BCUT2D eigenvalue weighted by atomic mass is 16.4. The number of nitrogens with zero attached hydrogens (tertiary/aromatic N) is 3. The maximum absolute atomic E-state index is 11.2. The Morgan fingerprint density at radius 1 is 1.50 bits per heavy atom. The van der Waals surface area contributed by atoms with Gasteiger partial charge in [0, 0.05) is 12.1 Å². The van der Waals surface area contributed by atoms with Crippen LogP contribution in [0.4, 0.5) is 0 Å². The first-order valence-electron chi connectivity index (χ1n) is 5.56. The Labute approximate surface area is 94.7 Å². The van der Waals surface area contributed by atoms with Crippen LogP contribution in [0.25, 0.3) is 0 Å². The van der Waals surface area contributed by atoms with Crippen LogP contribution in [0.15, 0.2) is 0 Å². The van der Waals surface area contributed by atoms with Gasteiger partial charge in [0.2, 0.25) is 0 Å². The molecule has 0 amide bonds. The summed E-state index contributed by atoms with van der Waals surface area (Å²) in [5.74, 6) is -0.852. The number of hydrogen-bond donors (Lipinski definition) is 1. The third kappa shape index (κ3) is 1.95. The molecule has 0 aromatic carbocycles. The average molecular weight is 223 g/mol. The molecule has 0 saturated heterocycles. The number of likely N-dealkylation sites (N-methyl/N-ethyl adjacent to an activating group) is 1. The van der Waals surface area contributed by atoms with Crippen LogP contribution in [0.5, 0.6) is 0 Å². The van der Waals surface area contributed by atoms with Crippen LogP contribution in [0, 0.1) is 0 Å². The molecule has 0 spiro atoms. The molecule has 2 rings (SSSR count). The molecule has 0 atom stereocenters. The third-order valence-electron chi connectivity index (χ3n) is 2.94. The molecule has 0 saturated carbocycles. The number of aromatic nitrogens is 2. The van der Waals surface area contributed by atoms with E-state index in [1.54, 1.807) is 4.68 Å². The van der Waals surface area contributed by atoms with Crippen molar-refractivity contribution in [1.82, 2.24) is 14.7 Å². The van der Waals surface area contributed by atoms with Crippen molar-refractivity contribution in [2.75, 3.05) is 20.6 Å². The van der Waals surface area contributed by atoms with Gasteiger partial charge in [0.15, 0.2) is 0 Å². The van der Waals surface area contributed by atoms with Gasteiger partial charge >= 0.3 is 5.97 Å². The Balaban J connectivity index is 2.27. The molecule has 0 unspecified atom stereocenters. The molecule has 16 heavy (non-hydrogen) atoms. The number of carboxylic acids is 1. The lowest BCUT2D eigenvalue weighted by molar-refractivity contribution is 0.0681. The predicted molar refractivity (Wildman–Crippen MR) is 59.8 cm³/mol. The second kappa shape index (κ2) is 4.25. The summed E-state index contributed by atoms with van der Waals surface area (Å²) >= 11 is 0. The lowest BCUT2D eigenvalue weighted by atomic mass is 10.2. The Kier molecular flexibility index (Phi) is 2.96. The highest BCUT2D eigenvalue weighted by Crippen LogP contribution is 2.24. The standard InChI is InChI=1S/C11H17N3O2/c1-13(2)6-7-14-10(11(15)16)8-4-3-5-9(8)12-14/h3-7H2,1-2H3,(H,15,16). The minimum atomic E-state index is -0.852. The molecule has 0 radical (unpaired) electrons. The molecule has 1 aliphatic carbocycles. The van der Waals surface area contributed by atoms with Crippen LogP contribution in [0.1, 0.15) is 28.2 Å². The Morgan fingerprint density at radius 2 is 2.25 bits per heavy atom. The van der Waals surface area contributed by atoms with Crippen molar-refractivity contribution in [2.45, 2.75) is 25.8 Å². The second-order valence-corrected chi connectivity index (χ2v) is 4.46. The third-order valence-corrected chi connectivity index (χ3v) is 2.94. The number of fused-ring (bicyclic) bond motifs is 1. The van der Waals surface area contributed by atoms with E-state index in [-0.39, 0.29) is 0 Å². The molecule has 1 N–H and O–H groups in total. The first-order valence-corrected chi connectivity index (χ1v) is 5.56. The van der Waals surface area contributed by atoms with E-state index < -0.39 is 5.97 Å². The monoisotopic (exact) mass is 223 g/mol. The zero-order chi connectivity index (χ0) is 11.7. The number of aromatic carboxylic acids is 1. The van der Waals surface area contributed by atoms with Gasteiger partial charge in [-0.05, 0) is 33.4 Å². The Bertz CT molecular complexity index is 410. The van der Waals surface area contributed by atoms with Crippen molar-refractivity contribution in [2.24, 2.45) is 0 Å². The molecule has 1 heterocycles. The summed E-state index contributed by atoms with van der Waals surface area (Å²) in [7, 11) is 3.94. The lowest BCUT2D eigenvalue weighted by Crippen LogP contribution is -2.22. The molecule has 0 bridgehead atoms. The van der Waals surface area contributed by atoms with Gasteiger partial charge in [-0.2, -0.15) is 5.10 Å². The fourth-order valence-electron chi connectivity index (χ4n) is 2.14. The predicted octanol–water partition coefficient (Wildman–Crippen LogP) is 0.632. The van der Waals surface area contributed by atoms with Crippen molar-refractivity contribution < 1.29 is 9.90 Å². The highest BCUT2D eigenvalue weighted by molar-refractivity contribution is 5.88. The topological polar surface area (TPSA) is 58.4 Å². The quantitative estimate of drug-likeness (QED) is 0.813. The zero-order valence-electron chi connectivity index (χ0n) is 9.73. The molecular formula is C11H17N3O2. The number of carboxylic acid groups (broad SMARTS) is 1. The van der Waals surface area contributed by atoms with Crippen LogP contribution in [0.3, 0.4) is 0 Å². The van der Waals surface area contributed by atoms with E-state index in [0.717, 1.165) is 37.1 Å². The summed E-state index contributed by atoms with van der Waals surface area (Å²) in [4.78, 5) is 13.2. The van der Waals surface area contributed by atoms with Gasteiger partial charge in [0.05, 0.1) is 12.2 Å². The molecule has 5 nitrogen and oxygen atoms in total. The average Bonchev–Trinajstić information content (AvgIpc) is 2.71. The van der Waals surface area contributed by atoms with Crippen LogP contribution in [-0.4, -0.2) is 46.4 Å². The van der Waals surface area contributed by atoms with Gasteiger partial charge in [0.1, 0.15) is 5.69 Å². The summed E-state index contributed by atoms with van der Waals surface area (Å²) in [5.41, 5.74) is 2.33. The zero-order valence-corrected chi connectivity index (χ0v) is 9.73. The van der Waals surface area contributed by atoms with Crippen LogP contribution in [0.2, 0.25) is 0 Å². The van der Waals surface area contributed by atoms with Crippen LogP contribution in [-0.2, 0) is 19.4 Å². The molecule has 1 aromatic heterocycles. The smallest absolute Gasteiger partial charge is 0.354 e. The van der Waals surface area contributed by atoms with E-state index in [0.29, 0.717) is 12.2 Å². The van der Waals surface area contributed by atoms with Gasteiger partial charge in [0.25, 0.3) is 0 Å². The van der Waals surface area contributed by atoms with Crippen molar-refractivity contribution in [3.8, 4) is 0 Å². The van der Waals surface area contributed by atoms with Crippen molar-refractivity contribution in [3.63, 3.8) is 0 Å². The minimum absolute atomic E-state index is 0.398. The summed E-state index contributed by atoms with van der Waals surface area (Å²) in [6.07, 6.45) is 2.82. The second-order valence-electron chi connectivity index (χ2n) is 4.46. The molecule has 88 valence electrons. The van der Waals surface area contributed by atoms with E-state index in [1.807, 2.05) is 19.0 Å². The molecule has 1 aromatic rings. The summed E-state index contributed by atoms with van der Waals surface area (Å²) in [5, 5.41) is 13.6. The number of rotatable bonds is 4. The fraction of sp³-hybridized carbons (Fsp3) is 0.636. The van der Waals surface area contributed by atoms with Gasteiger partial charge in [-0.25, -0.2) is 4.79 Å². The Morgan fingerprint density at radius 3 is 2.88 bits per heavy atom. The molecule has 0 aliphatic heterocycles. The van der Waals surface area contributed by atoms with Gasteiger partial charge in [-0.3, -0.25) is 4.68 Å². The summed E-state index contributed by atoms with van der Waals surface area (Å²) in [6, 6.07) is 0. The van der Waals surface area contributed by atoms with E-state index in [1.165, 1.54) is 0 Å². The van der Waals surface area contributed by atoms with Crippen molar-refractivity contribution in [1.29, 1.82) is 0 Å². The number of hydrogen-bond acceptors (Lipinski definition) is 3.